The van der Waals surface area contributed by atoms with Gasteiger partial charge in [-0.05, 0) is 61.2 Å². The van der Waals surface area contributed by atoms with Gasteiger partial charge in [0.15, 0.2) is 0 Å². The van der Waals surface area contributed by atoms with Crippen molar-refractivity contribution in [2.45, 2.75) is 78.9 Å². The molecule has 0 aromatic heterocycles. The van der Waals surface area contributed by atoms with Crippen LogP contribution in [0.2, 0.25) is 0 Å². The van der Waals surface area contributed by atoms with Crippen LogP contribution in [0.25, 0.3) is 0 Å². The van der Waals surface area contributed by atoms with Gasteiger partial charge >= 0.3 is 0 Å². The van der Waals surface area contributed by atoms with Crippen molar-refractivity contribution < 1.29 is 10.2 Å². The fourth-order valence-corrected chi connectivity index (χ4v) is 5.44. The van der Waals surface area contributed by atoms with E-state index in [1.165, 1.54) is 12.8 Å². The molecular formula is C17H32O2. The number of rotatable bonds is 1. The predicted molar refractivity (Wildman–Crippen MR) is 78.8 cm³/mol. The molecule has 0 saturated heterocycles. The molecular weight excluding hydrogens is 236 g/mol. The maximum Gasteiger partial charge on any atom is 0.0908 e. The van der Waals surface area contributed by atoms with E-state index < -0.39 is 11.7 Å². The van der Waals surface area contributed by atoms with Crippen molar-refractivity contribution in [2.24, 2.45) is 28.6 Å². The highest BCUT2D eigenvalue weighted by molar-refractivity contribution is 5.10. The summed E-state index contributed by atoms with van der Waals surface area (Å²) in [7, 11) is 0. The Hall–Kier alpha value is -0.0800. The monoisotopic (exact) mass is 268 g/mol. The molecule has 1 unspecified atom stereocenters. The van der Waals surface area contributed by atoms with Gasteiger partial charge in [-0.15, -0.1) is 0 Å². The molecule has 2 rings (SSSR count). The van der Waals surface area contributed by atoms with Gasteiger partial charge in [0.1, 0.15) is 0 Å². The molecule has 19 heavy (non-hydrogen) atoms. The molecule has 0 spiro atoms. The summed E-state index contributed by atoms with van der Waals surface area (Å²) in [5.74, 6) is 1.37. The zero-order valence-electron chi connectivity index (χ0n) is 13.5. The molecule has 2 nitrogen and oxygen atoms in total. The van der Waals surface area contributed by atoms with Gasteiger partial charge in [0.25, 0.3) is 0 Å². The van der Waals surface area contributed by atoms with Gasteiger partial charge in [-0.2, -0.15) is 0 Å². The predicted octanol–water partition coefficient (Wildman–Crippen LogP) is 3.61. The number of fused-ring (bicyclic) bond motifs is 1. The molecule has 2 aliphatic rings. The first kappa shape index (κ1) is 15.3. The first-order valence-corrected chi connectivity index (χ1v) is 8.01. The first-order valence-electron chi connectivity index (χ1n) is 8.01. The fraction of sp³-hybridized carbons (Fsp3) is 1.00. The third-order valence-electron chi connectivity index (χ3n) is 7.36. The van der Waals surface area contributed by atoms with Crippen LogP contribution in [0.5, 0.6) is 0 Å². The lowest BCUT2D eigenvalue weighted by atomic mass is 9.58. The van der Waals surface area contributed by atoms with Crippen LogP contribution in [0.4, 0.5) is 0 Å². The lowest BCUT2D eigenvalue weighted by Gasteiger charge is -2.47. The van der Waals surface area contributed by atoms with E-state index in [2.05, 4.69) is 34.6 Å². The Labute approximate surface area is 118 Å². The number of aliphatic hydroxyl groups excluding tert-OH is 1. The summed E-state index contributed by atoms with van der Waals surface area (Å²) >= 11 is 0. The van der Waals surface area contributed by atoms with E-state index in [9.17, 15) is 10.2 Å². The van der Waals surface area contributed by atoms with E-state index in [1.54, 1.807) is 0 Å². The Morgan fingerprint density at radius 1 is 1.11 bits per heavy atom. The molecule has 2 aliphatic carbocycles. The van der Waals surface area contributed by atoms with Crippen LogP contribution in [0.3, 0.4) is 0 Å². The third-order valence-corrected chi connectivity index (χ3v) is 7.36. The van der Waals surface area contributed by atoms with Crippen LogP contribution in [0.1, 0.15) is 67.2 Å². The van der Waals surface area contributed by atoms with Crippen molar-refractivity contribution >= 4 is 0 Å². The minimum absolute atomic E-state index is 0.0712. The molecule has 0 heterocycles. The van der Waals surface area contributed by atoms with Gasteiger partial charge < -0.3 is 10.2 Å². The van der Waals surface area contributed by atoms with Gasteiger partial charge in [-0.25, -0.2) is 0 Å². The van der Waals surface area contributed by atoms with E-state index in [0.717, 1.165) is 12.8 Å². The zero-order chi connectivity index (χ0) is 14.6. The average Bonchev–Trinajstić information content (AvgIpc) is 2.64. The molecule has 0 aliphatic heterocycles. The maximum absolute atomic E-state index is 10.8. The van der Waals surface area contributed by atoms with E-state index in [0.29, 0.717) is 11.8 Å². The number of hydrogen-bond donors (Lipinski definition) is 2. The molecule has 0 bridgehead atoms. The molecule has 2 saturated carbocycles. The Bertz CT molecular complexity index is 347. The average molecular weight is 268 g/mol. The first-order chi connectivity index (χ1) is 8.60. The van der Waals surface area contributed by atoms with Crippen LogP contribution in [0, 0.1) is 28.6 Å². The Balaban J connectivity index is 2.54. The largest absolute Gasteiger partial charge is 0.390 e. The van der Waals surface area contributed by atoms with Crippen LogP contribution in [-0.4, -0.2) is 21.9 Å². The van der Waals surface area contributed by atoms with Crippen molar-refractivity contribution in [1.82, 2.24) is 0 Å². The van der Waals surface area contributed by atoms with Crippen molar-refractivity contribution in [1.29, 1.82) is 0 Å². The molecule has 0 aromatic carbocycles. The Morgan fingerprint density at radius 3 is 2.21 bits per heavy atom. The Kier molecular flexibility index (Phi) is 3.59. The van der Waals surface area contributed by atoms with Crippen molar-refractivity contribution in [3.8, 4) is 0 Å². The summed E-state index contributed by atoms with van der Waals surface area (Å²) in [6.07, 6.45) is 3.78. The van der Waals surface area contributed by atoms with Crippen LogP contribution in [0.15, 0.2) is 0 Å². The highest BCUT2D eigenvalue weighted by Gasteiger charge is 2.61. The molecule has 0 aromatic rings. The second-order valence-electron chi connectivity index (χ2n) is 8.11. The van der Waals surface area contributed by atoms with Gasteiger partial charge in [-0.1, -0.05) is 34.6 Å². The highest BCUT2D eigenvalue weighted by Crippen LogP contribution is 2.64. The van der Waals surface area contributed by atoms with Crippen molar-refractivity contribution in [3.63, 3.8) is 0 Å². The van der Waals surface area contributed by atoms with Gasteiger partial charge in [0.05, 0.1) is 11.7 Å². The molecule has 0 radical (unpaired) electrons. The van der Waals surface area contributed by atoms with Crippen LogP contribution >= 0.6 is 0 Å². The molecule has 6 atom stereocenters. The highest BCUT2D eigenvalue weighted by atomic mass is 16.3. The normalized spacial score (nSPS) is 53.7. The van der Waals surface area contributed by atoms with Crippen LogP contribution < -0.4 is 0 Å². The lowest BCUT2D eigenvalue weighted by Crippen LogP contribution is -2.49. The smallest absolute Gasteiger partial charge is 0.0908 e. The van der Waals surface area contributed by atoms with E-state index in [1.807, 2.05) is 6.92 Å². The number of hydrogen-bond acceptors (Lipinski definition) is 2. The minimum Gasteiger partial charge on any atom is -0.390 e. The van der Waals surface area contributed by atoms with E-state index in [4.69, 9.17) is 0 Å². The Morgan fingerprint density at radius 2 is 1.68 bits per heavy atom. The maximum atomic E-state index is 10.8. The summed E-state index contributed by atoms with van der Waals surface area (Å²) in [5.41, 5.74) is -0.699. The minimum atomic E-state index is -0.976. The summed E-state index contributed by atoms with van der Waals surface area (Å²) in [4.78, 5) is 0. The summed E-state index contributed by atoms with van der Waals surface area (Å²) < 4.78 is 0. The topological polar surface area (TPSA) is 40.5 Å². The number of aliphatic hydroxyl groups is 2. The van der Waals surface area contributed by atoms with Crippen molar-refractivity contribution in [2.75, 3.05) is 0 Å². The van der Waals surface area contributed by atoms with Gasteiger partial charge in [0.2, 0.25) is 0 Å². The molecule has 2 heteroatoms. The van der Waals surface area contributed by atoms with E-state index in [-0.39, 0.29) is 16.7 Å². The standard InChI is InChI=1S/C17H32O2/c1-7-17-10-14(18)16(6,19)12(3)15(4,5)13(17)9-8-11(17)2/h11-14,18-19H,7-10H2,1-6H3/t11-,12-,13?,14-,16-,17-/m1/s1. The van der Waals surface area contributed by atoms with Gasteiger partial charge in [-0.3, -0.25) is 0 Å². The zero-order valence-corrected chi connectivity index (χ0v) is 13.5. The molecule has 2 fully saturated rings. The molecule has 112 valence electrons. The van der Waals surface area contributed by atoms with Crippen molar-refractivity contribution in [3.05, 3.63) is 0 Å². The third kappa shape index (κ3) is 1.90. The quantitative estimate of drug-likeness (QED) is 0.762. The van der Waals surface area contributed by atoms with Crippen LogP contribution in [-0.2, 0) is 0 Å². The second-order valence-corrected chi connectivity index (χ2v) is 8.11. The fourth-order valence-electron chi connectivity index (χ4n) is 5.44. The second kappa shape index (κ2) is 4.46. The molecule has 0 amide bonds. The SMILES string of the molecule is CC[C@]12C[C@@H](O)[C@](C)(O)[C@H](C)C(C)(C)C1CC[C@H]2C. The summed E-state index contributed by atoms with van der Waals surface area (Å²) in [5, 5.41) is 21.5. The summed E-state index contributed by atoms with van der Waals surface area (Å²) in [6, 6.07) is 0. The lowest BCUT2D eigenvalue weighted by molar-refractivity contribution is -0.121. The van der Waals surface area contributed by atoms with E-state index >= 15 is 0 Å². The summed E-state index contributed by atoms with van der Waals surface area (Å²) in [6.45, 7) is 13.2. The van der Waals surface area contributed by atoms with Gasteiger partial charge in [0, 0.05) is 0 Å². The molecule has 2 N–H and O–H groups in total.